The van der Waals surface area contributed by atoms with Crippen molar-refractivity contribution < 1.29 is 0 Å². The van der Waals surface area contributed by atoms with Gasteiger partial charge in [0.25, 0.3) is 0 Å². The van der Waals surface area contributed by atoms with E-state index in [0.29, 0.717) is 12.0 Å². The lowest BCUT2D eigenvalue weighted by molar-refractivity contribution is 0.517. The molecule has 0 aromatic heterocycles. The Morgan fingerprint density at radius 3 is 3.31 bits per heavy atom. The van der Waals surface area contributed by atoms with Crippen LogP contribution in [0.1, 0.15) is 11.6 Å². The fourth-order valence-electron chi connectivity index (χ4n) is 1.90. The molecule has 3 heteroatoms. The monoisotopic (exact) mass is 190 g/mol. The summed E-state index contributed by atoms with van der Waals surface area (Å²) in [6.45, 7) is 0. The molecule has 0 radical (unpaired) electrons. The molecule has 0 bridgehead atoms. The molecule has 0 amide bonds. The van der Waals surface area contributed by atoms with Gasteiger partial charge in [-0.05, 0) is 11.6 Å². The van der Waals surface area contributed by atoms with Crippen molar-refractivity contribution in [3.8, 4) is 0 Å². The number of fused-ring (bicyclic) bond motifs is 3. The third-order valence-corrected chi connectivity index (χ3v) is 3.83. The van der Waals surface area contributed by atoms with E-state index in [0.717, 1.165) is 5.75 Å². The molecule has 0 unspecified atom stereocenters. The molecule has 1 aromatic rings. The van der Waals surface area contributed by atoms with Crippen LogP contribution in [0.5, 0.6) is 0 Å². The van der Waals surface area contributed by atoms with E-state index in [2.05, 4.69) is 34.8 Å². The molecule has 0 fully saturated rings. The van der Waals surface area contributed by atoms with Crippen LogP contribution in [-0.4, -0.2) is 12.0 Å². The van der Waals surface area contributed by atoms with E-state index in [1.54, 1.807) is 0 Å². The van der Waals surface area contributed by atoms with Gasteiger partial charge in [0, 0.05) is 22.8 Å². The van der Waals surface area contributed by atoms with E-state index in [1.807, 2.05) is 18.0 Å². The number of nitrogens with zero attached hydrogens (tertiary/aromatic N) is 1. The minimum Gasteiger partial charge on any atom is -0.302 e. The largest absolute Gasteiger partial charge is 0.302 e. The maximum atomic E-state index is 4.14. The van der Waals surface area contributed by atoms with E-state index < -0.39 is 0 Å². The lowest BCUT2D eigenvalue weighted by atomic mass is 9.96. The summed E-state index contributed by atoms with van der Waals surface area (Å²) in [7, 11) is 0. The predicted octanol–water partition coefficient (Wildman–Crippen LogP) is 2.04. The molecule has 1 N–H and O–H groups in total. The van der Waals surface area contributed by atoms with E-state index in [1.165, 1.54) is 10.5 Å². The third kappa shape index (κ3) is 1.07. The first-order valence-corrected chi connectivity index (χ1v) is 5.44. The van der Waals surface area contributed by atoms with Gasteiger partial charge in [0.1, 0.15) is 0 Å². The van der Waals surface area contributed by atoms with Crippen molar-refractivity contribution in [1.29, 1.82) is 0 Å². The summed E-state index contributed by atoms with van der Waals surface area (Å²) >= 11 is 1.93. The molecule has 0 saturated carbocycles. The average molecular weight is 190 g/mol. The highest BCUT2D eigenvalue weighted by Gasteiger charge is 2.31. The van der Waals surface area contributed by atoms with Crippen LogP contribution in [0.25, 0.3) is 0 Å². The van der Waals surface area contributed by atoms with E-state index in [9.17, 15) is 0 Å². The molecule has 2 nitrogen and oxygen atoms in total. The van der Waals surface area contributed by atoms with Crippen molar-refractivity contribution in [3.63, 3.8) is 0 Å². The number of hydrogen-bond acceptors (Lipinski definition) is 3. The maximum absolute atomic E-state index is 4.14. The molecule has 0 aliphatic carbocycles. The van der Waals surface area contributed by atoms with Gasteiger partial charge in [0.15, 0.2) is 0 Å². The number of hydrazone groups is 1. The van der Waals surface area contributed by atoms with Crippen molar-refractivity contribution in [2.24, 2.45) is 11.0 Å². The topological polar surface area (TPSA) is 24.4 Å². The summed E-state index contributed by atoms with van der Waals surface area (Å²) in [5.74, 6) is 1.73. The van der Waals surface area contributed by atoms with E-state index in [4.69, 9.17) is 0 Å². The molecular weight excluding hydrogens is 180 g/mol. The summed E-state index contributed by atoms with van der Waals surface area (Å²) in [5, 5.41) is 4.14. The summed E-state index contributed by atoms with van der Waals surface area (Å²) in [6, 6.07) is 9.01. The van der Waals surface area contributed by atoms with Crippen LogP contribution in [-0.2, 0) is 0 Å². The maximum Gasteiger partial charge on any atom is 0.0786 e. The van der Waals surface area contributed by atoms with Gasteiger partial charge >= 0.3 is 0 Å². The average Bonchev–Trinajstić information content (AvgIpc) is 2.65. The number of thioether (sulfide) groups is 1. The van der Waals surface area contributed by atoms with Gasteiger partial charge in [-0.1, -0.05) is 18.2 Å². The van der Waals surface area contributed by atoms with Gasteiger partial charge in [0.2, 0.25) is 0 Å². The summed E-state index contributed by atoms with van der Waals surface area (Å²) < 4.78 is 0. The summed E-state index contributed by atoms with van der Waals surface area (Å²) in [4.78, 5) is 1.40. The Bertz CT molecular complexity index is 362. The zero-order chi connectivity index (χ0) is 8.67. The number of hydrogen-bond donors (Lipinski definition) is 1. The molecule has 0 saturated heterocycles. The van der Waals surface area contributed by atoms with Gasteiger partial charge < -0.3 is 5.43 Å². The fraction of sp³-hybridized carbons (Fsp3) is 0.300. The lowest BCUT2D eigenvalue weighted by Crippen LogP contribution is -2.24. The molecule has 66 valence electrons. The smallest absolute Gasteiger partial charge is 0.0786 e. The second-order valence-electron chi connectivity index (χ2n) is 3.40. The second kappa shape index (κ2) is 2.77. The fourth-order valence-corrected chi connectivity index (χ4v) is 3.08. The summed E-state index contributed by atoms with van der Waals surface area (Å²) in [5.41, 5.74) is 4.57. The quantitative estimate of drug-likeness (QED) is 0.677. The molecule has 13 heavy (non-hydrogen) atoms. The zero-order valence-electron chi connectivity index (χ0n) is 7.10. The zero-order valence-corrected chi connectivity index (χ0v) is 7.92. The first-order valence-electron chi connectivity index (χ1n) is 4.45. The Labute approximate surface area is 81.4 Å². The van der Waals surface area contributed by atoms with Crippen molar-refractivity contribution in [1.82, 2.24) is 5.43 Å². The minimum atomic E-state index is 0.428. The second-order valence-corrected chi connectivity index (χ2v) is 4.46. The molecule has 2 atom stereocenters. The van der Waals surface area contributed by atoms with E-state index in [-0.39, 0.29) is 0 Å². The molecule has 1 aromatic carbocycles. The van der Waals surface area contributed by atoms with Gasteiger partial charge in [-0.15, -0.1) is 11.8 Å². The summed E-state index contributed by atoms with van der Waals surface area (Å²) in [6.07, 6.45) is 2.04. The first kappa shape index (κ1) is 7.44. The first-order chi connectivity index (χ1) is 6.45. The SMILES string of the molecule is C1=NN[C@@H]2c3ccccc3SC[C@H]12. The molecule has 3 rings (SSSR count). The molecule has 2 aliphatic heterocycles. The van der Waals surface area contributed by atoms with Crippen molar-refractivity contribution >= 4 is 18.0 Å². The van der Waals surface area contributed by atoms with E-state index >= 15 is 0 Å². The van der Waals surface area contributed by atoms with Crippen LogP contribution in [0.3, 0.4) is 0 Å². The Balaban J connectivity index is 2.08. The molecule has 2 aliphatic rings. The van der Waals surface area contributed by atoms with Crippen LogP contribution < -0.4 is 5.43 Å². The van der Waals surface area contributed by atoms with Crippen LogP contribution >= 0.6 is 11.8 Å². The Hall–Kier alpha value is -0.960. The molecular formula is C10H10N2S. The number of rotatable bonds is 0. The number of benzene rings is 1. The van der Waals surface area contributed by atoms with Gasteiger partial charge in [0.05, 0.1) is 6.04 Å². The van der Waals surface area contributed by atoms with Gasteiger partial charge in [-0.3, -0.25) is 0 Å². The van der Waals surface area contributed by atoms with Crippen LogP contribution in [0.2, 0.25) is 0 Å². The molecule has 0 spiro atoms. The Morgan fingerprint density at radius 2 is 2.31 bits per heavy atom. The Morgan fingerprint density at radius 1 is 1.38 bits per heavy atom. The third-order valence-electron chi connectivity index (χ3n) is 2.59. The lowest BCUT2D eigenvalue weighted by Gasteiger charge is -2.25. The number of nitrogens with one attached hydrogen (secondary N) is 1. The molecule has 2 heterocycles. The van der Waals surface area contributed by atoms with Crippen LogP contribution in [0.4, 0.5) is 0 Å². The van der Waals surface area contributed by atoms with Crippen molar-refractivity contribution in [2.75, 3.05) is 5.75 Å². The highest BCUT2D eigenvalue weighted by Crippen LogP contribution is 2.40. The highest BCUT2D eigenvalue weighted by molar-refractivity contribution is 7.99. The van der Waals surface area contributed by atoms with Crippen molar-refractivity contribution in [3.05, 3.63) is 29.8 Å². The minimum absolute atomic E-state index is 0.428. The van der Waals surface area contributed by atoms with Crippen LogP contribution in [0, 0.1) is 5.92 Å². The highest BCUT2D eigenvalue weighted by atomic mass is 32.2. The van der Waals surface area contributed by atoms with Crippen molar-refractivity contribution in [2.45, 2.75) is 10.9 Å². The normalized spacial score (nSPS) is 29.2. The Kier molecular flexibility index (Phi) is 1.59. The van der Waals surface area contributed by atoms with Gasteiger partial charge in [-0.25, -0.2) is 0 Å². The van der Waals surface area contributed by atoms with Gasteiger partial charge in [-0.2, -0.15) is 5.10 Å². The van der Waals surface area contributed by atoms with Crippen LogP contribution in [0.15, 0.2) is 34.3 Å². The standard InChI is InChI=1S/C10H10N2S/c1-2-4-9-8(3-1)10-7(6-13-9)5-11-12-10/h1-5,7,10,12H,6H2/t7-,10-/m0/s1. The predicted molar refractivity (Wildman–Crippen MR) is 55.0 cm³/mol.